The minimum atomic E-state index is -0.417. The van der Waals surface area contributed by atoms with E-state index in [0.717, 1.165) is 61.1 Å². The van der Waals surface area contributed by atoms with Crippen molar-refractivity contribution in [2.75, 3.05) is 13.2 Å². The minimum absolute atomic E-state index is 0.339. The van der Waals surface area contributed by atoms with Gasteiger partial charge in [0.25, 0.3) is 11.1 Å². The average molecular weight is 553 g/mol. The molecule has 4 rings (SSSR count). The first-order valence-corrected chi connectivity index (χ1v) is 15.0. The summed E-state index contributed by atoms with van der Waals surface area (Å²) in [5.41, 5.74) is 12.9. The van der Waals surface area contributed by atoms with E-state index in [1.807, 2.05) is 38.1 Å². The average Bonchev–Trinajstić information content (AvgIpc) is 3.25. The summed E-state index contributed by atoms with van der Waals surface area (Å²) in [5.74, 6) is 1.42. The second-order valence-corrected chi connectivity index (χ2v) is 11.4. The molecule has 3 N–H and O–H groups in total. The van der Waals surface area contributed by atoms with Crippen molar-refractivity contribution < 1.29 is 19.1 Å². The fourth-order valence-corrected chi connectivity index (χ4v) is 5.81. The third-order valence-electron chi connectivity index (χ3n) is 7.53. The number of fused-ring (bicyclic) bond motifs is 1. The van der Waals surface area contributed by atoms with E-state index < -0.39 is 5.60 Å². The number of hydrogen-bond donors (Lipinski definition) is 2. The van der Waals surface area contributed by atoms with Crippen molar-refractivity contribution >= 4 is 29.0 Å². The number of hydrogen-bond acceptors (Lipinski definition) is 6. The largest absolute Gasteiger partial charge is 0.489 e. The van der Waals surface area contributed by atoms with E-state index in [1.54, 1.807) is 6.08 Å². The summed E-state index contributed by atoms with van der Waals surface area (Å²) in [6.45, 7) is 14.0. The molecule has 0 bridgehead atoms. The van der Waals surface area contributed by atoms with E-state index in [1.165, 1.54) is 47.1 Å². The van der Waals surface area contributed by atoms with E-state index in [4.69, 9.17) is 15.2 Å². The molecule has 2 heterocycles. The predicted octanol–water partition coefficient (Wildman–Crippen LogP) is 7.19. The zero-order chi connectivity index (χ0) is 28.6. The lowest BCUT2D eigenvalue weighted by Crippen LogP contribution is -2.42. The number of imide groups is 1. The van der Waals surface area contributed by atoms with E-state index in [9.17, 15) is 9.59 Å². The van der Waals surface area contributed by atoms with Gasteiger partial charge in [0.2, 0.25) is 0 Å². The van der Waals surface area contributed by atoms with Crippen molar-refractivity contribution in [3.63, 3.8) is 0 Å². The van der Waals surface area contributed by atoms with Crippen LogP contribution in [0.1, 0.15) is 86.3 Å². The van der Waals surface area contributed by atoms with Gasteiger partial charge in [0.1, 0.15) is 23.7 Å². The Morgan fingerprint density at radius 2 is 1.72 bits per heavy atom. The summed E-state index contributed by atoms with van der Waals surface area (Å²) < 4.78 is 12.8. The van der Waals surface area contributed by atoms with Crippen molar-refractivity contribution in [1.29, 1.82) is 0 Å². The molecule has 2 amide bonds. The van der Waals surface area contributed by atoms with Gasteiger partial charge in [-0.15, -0.1) is 0 Å². The van der Waals surface area contributed by atoms with E-state index in [0.29, 0.717) is 11.5 Å². The lowest BCUT2D eigenvalue weighted by molar-refractivity contribution is -0.115. The van der Waals surface area contributed by atoms with E-state index in [2.05, 4.69) is 33.0 Å². The minimum Gasteiger partial charge on any atom is -0.489 e. The Morgan fingerprint density at radius 3 is 2.36 bits per heavy atom. The Balaban J connectivity index is 0.00000205. The second kappa shape index (κ2) is 14.0. The highest BCUT2D eigenvalue weighted by Crippen LogP contribution is 2.41. The number of rotatable bonds is 10. The van der Waals surface area contributed by atoms with Gasteiger partial charge in [0.05, 0.1) is 4.91 Å². The maximum absolute atomic E-state index is 11.8. The fourth-order valence-electron chi connectivity index (χ4n) is 5.13. The number of unbranched alkanes of at least 4 members (excludes halogenated alkanes) is 3. The van der Waals surface area contributed by atoms with Gasteiger partial charge in [-0.05, 0) is 130 Å². The fraction of sp³-hybridized carbons (Fsp3) is 0.500. The highest BCUT2D eigenvalue weighted by molar-refractivity contribution is 8.18. The first-order valence-electron chi connectivity index (χ1n) is 14.2. The number of benzene rings is 2. The third kappa shape index (κ3) is 7.67. The summed E-state index contributed by atoms with van der Waals surface area (Å²) in [5, 5.41) is 1.93. The van der Waals surface area contributed by atoms with Crippen LogP contribution in [0.25, 0.3) is 6.08 Å². The van der Waals surface area contributed by atoms with Crippen molar-refractivity contribution in [3.05, 3.63) is 62.6 Å². The molecule has 2 aromatic carbocycles. The van der Waals surface area contributed by atoms with Crippen molar-refractivity contribution in [2.45, 2.75) is 92.1 Å². The van der Waals surface area contributed by atoms with E-state index >= 15 is 0 Å². The molecule has 2 aliphatic rings. The van der Waals surface area contributed by atoms with Crippen LogP contribution in [0.2, 0.25) is 0 Å². The van der Waals surface area contributed by atoms with Gasteiger partial charge >= 0.3 is 0 Å². The lowest BCUT2D eigenvalue weighted by Gasteiger charge is -2.38. The molecule has 1 unspecified atom stereocenters. The molecule has 1 saturated heterocycles. The molecule has 1 atom stereocenters. The Bertz CT molecular complexity index is 1210. The topological polar surface area (TPSA) is 90.6 Å². The van der Waals surface area contributed by atoms with Gasteiger partial charge in [-0.2, -0.15) is 0 Å². The van der Waals surface area contributed by atoms with Crippen molar-refractivity contribution in [2.24, 2.45) is 5.73 Å². The Hall–Kier alpha value is -2.77. The highest BCUT2D eigenvalue weighted by Gasteiger charge is 2.35. The highest BCUT2D eigenvalue weighted by atomic mass is 32.2. The Kier molecular flexibility index (Phi) is 11.1. The van der Waals surface area contributed by atoms with Crippen LogP contribution in [-0.4, -0.2) is 29.9 Å². The van der Waals surface area contributed by atoms with Crippen LogP contribution in [0.3, 0.4) is 0 Å². The first-order chi connectivity index (χ1) is 18.7. The maximum Gasteiger partial charge on any atom is 0.290 e. The van der Waals surface area contributed by atoms with Crippen molar-refractivity contribution in [1.82, 2.24) is 5.32 Å². The summed E-state index contributed by atoms with van der Waals surface area (Å²) >= 11 is 0.915. The van der Waals surface area contributed by atoms with Crippen LogP contribution in [-0.2, 0) is 17.6 Å². The van der Waals surface area contributed by atoms with Crippen LogP contribution in [0, 0.1) is 20.8 Å². The maximum atomic E-state index is 11.8. The van der Waals surface area contributed by atoms with Crippen LogP contribution >= 0.6 is 11.8 Å². The van der Waals surface area contributed by atoms with Crippen LogP contribution in [0.5, 0.6) is 11.5 Å². The Labute approximate surface area is 238 Å². The van der Waals surface area contributed by atoms with Gasteiger partial charge in [-0.1, -0.05) is 38.8 Å². The molecular formula is C32H44N2O4S. The summed E-state index contributed by atoms with van der Waals surface area (Å²) in [6, 6.07) is 7.52. The molecule has 0 radical (unpaired) electrons. The molecule has 0 saturated carbocycles. The van der Waals surface area contributed by atoms with Gasteiger partial charge < -0.3 is 15.2 Å². The lowest BCUT2D eigenvalue weighted by atomic mass is 9.84. The number of amides is 2. The summed E-state index contributed by atoms with van der Waals surface area (Å²) in [7, 11) is 0. The molecular weight excluding hydrogens is 508 g/mol. The number of carbonyl (C=O) groups is 2. The summed E-state index contributed by atoms with van der Waals surface area (Å²) in [4.78, 5) is 23.5. The van der Waals surface area contributed by atoms with Crippen molar-refractivity contribution in [3.8, 4) is 11.5 Å². The Morgan fingerprint density at radius 1 is 1.03 bits per heavy atom. The van der Waals surface area contributed by atoms with Crippen LogP contribution in [0.4, 0.5) is 4.79 Å². The number of carbonyl (C=O) groups excluding carboxylic acids is 2. The SMILES string of the molecule is CC.Cc1c(C)c2c(c(C)c1CCCCCCN)CCC(C)(COc1ccc(/C=C3\SC(=O)NC3=O)cc1)O2. The first kappa shape index (κ1) is 30.8. The van der Waals surface area contributed by atoms with Crippen LogP contribution < -0.4 is 20.5 Å². The normalized spacial score (nSPS) is 19.2. The van der Waals surface area contributed by atoms with Crippen LogP contribution in [0.15, 0.2) is 29.2 Å². The second-order valence-electron chi connectivity index (χ2n) is 10.4. The van der Waals surface area contributed by atoms with Gasteiger partial charge in [0, 0.05) is 0 Å². The monoisotopic (exact) mass is 552 g/mol. The molecule has 6 nitrogen and oxygen atoms in total. The number of thioether (sulfide) groups is 1. The quantitative estimate of drug-likeness (QED) is 0.240. The third-order valence-corrected chi connectivity index (χ3v) is 8.34. The predicted molar refractivity (Wildman–Crippen MR) is 162 cm³/mol. The molecule has 0 spiro atoms. The molecule has 7 heteroatoms. The number of nitrogens with one attached hydrogen (secondary N) is 1. The number of ether oxygens (including phenoxy) is 2. The molecule has 0 aliphatic carbocycles. The van der Waals surface area contributed by atoms with Gasteiger partial charge in [0.15, 0.2) is 0 Å². The molecule has 2 aliphatic heterocycles. The molecule has 1 fully saturated rings. The zero-order valence-corrected chi connectivity index (χ0v) is 25.2. The van der Waals surface area contributed by atoms with Gasteiger partial charge in [-0.3, -0.25) is 14.9 Å². The molecule has 39 heavy (non-hydrogen) atoms. The summed E-state index contributed by atoms with van der Waals surface area (Å²) in [6.07, 6.45) is 9.44. The number of nitrogens with two attached hydrogens (primary N) is 1. The molecule has 212 valence electrons. The molecule has 0 aromatic heterocycles. The molecule has 2 aromatic rings. The van der Waals surface area contributed by atoms with Gasteiger partial charge in [-0.25, -0.2) is 0 Å². The zero-order valence-electron chi connectivity index (χ0n) is 24.4. The van der Waals surface area contributed by atoms with E-state index in [-0.39, 0.29) is 11.1 Å². The smallest absolute Gasteiger partial charge is 0.290 e. The standard InChI is InChI=1S/C30H38N2O4S.C2H6/c1-19-20(2)27-25(21(3)24(19)9-7-5-6-8-16-31)14-15-30(4,36-27)18-35-23-12-10-22(11-13-23)17-26-28(33)32-29(34)37-26;1-2/h10-13,17H,5-9,14-16,18,31H2,1-4H3,(H,32,33,34);1-2H3/b26-17-;.